The fourth-order valence-electron chi connectivity index (χ4n) is 2.78. The molecule has 1 amide bonds. The second-order valence-electron chi connectivity index (χ2n) is 6.62. The summed E-state index contributed by atoms with van der Waals surface area (Å²) in [7, 11) is -3.77. The molecule has 2 atom stereocenters. The summed E-state index contributed by atoms with van der Waals surface area (Å²) in [4.78, 5) is 18.2. The molecule has 2 N–H and O–H groups in total. The Bertz CT molecular complexity index is 940. The molecule has 158 valence electrons. The number of rotatable bonds is 10. The quantitative estimate of drug-likeness (QED) is 0.573. The highest BCUT2D eigenvalue weighted by Gasteiger charge is 2.25. The number of sulfonamides is 1. The van der Waals surface area contributed by atoms with Crippen LogP contribution in [0.25, 0.3) is 6.08 Å². The molecule has 9 heteroatoms. The molecular formula is C20H27N3O3S3. The molecule has 0 saturated heterocycles. The number of amides is 1. The predicted molar refractivity (Wildman–Crippen MR) is 122 cm³/mol. The summed E-state index contributed by atoms with van der Waals surface area (Å²) in [6.07, 6.45) is 3.83. The molecule has 0 bridgehead atoms. The van der Waals surface area contributed by atoms with Crippen LogP contribution in [-0.2, 0) is 14.8 Å². The molecule has 1 aromatic carbocycles. The van der Waals surface area contributed by atoms with Crippen LogP contribution in [0.1, 0.15) is 40.5 Å². The van der Waals surface area contributed by atoms with Crippen molar-refractivity contribution in [3.8, 4) is 0 Å². The van der Waals surface area contributed by atoms with Gasteiger partial charge in [-0.1, -0.05) is 30.3 Å². The van der Waals surface area contributed by atoms with E-state index in [9.17, 15) is 13.2 Å². The highest BCUT2D eigenvalue weighted by Crippen LogP contribution is 2.24. The number of aromatic nitrogens is 1. The van der Waals surface area contributed by atoms with Gasteiger partial charge in [-0.05, 0) is 50.8 Å². The van der Waals surface area contributed by atoms with Gasteiger partial charge in [0, 0.05) is 10.3 Å². The molecule has 0 unspecified atom stereocenters. The number of carbonyl (C=O) groups is 1. The SMILES string of the molecule is CSCC[C@H](NS(=O)(=O)/C=C\c1ccccc1)C(=O)N[C@@H](C)c1sc(C)nc1C. The van der Waals surface area contributed by atoms with Gasteiger partial charge in [0.2, 0.25) is 15.9 Å². The molecule has 0 aliphatic heterocycles. The van der Waals surface area contributed by atoms with Gasteiger partial charge in [0.25, 0.3) is 0 Å². The van der Waals surface area contributed by atoms with Crippen molar-refractivity contribution < 1.29 is 13.2 Å². The molecule has 2 rings (SSSR count). The zero-order valence-corrected chi connectivity index (χ0v) is 19.5. The molecule has 0 radical (unpaired) electrons. The van der Waals surface area contributed by atoms with Gasteiger partial charge in [-0.25, -0.2) is 13.4 Å². The van der Waals surface area contributed by atoms with Crippen LogP contribution in [0.2, 0.25) is 0 Å². The van der Waals surface area contributed by atoms with E-state index in [2.05, 4.69) is 15.0 Å². The summed E-state index contributed by atoms with van der Waals surface area (Å²) in [5.74, 6) is 0.324. The minimum absolute atomic E-state index is 0.241. The summed E-state index contributed by atoms with van der Waals surface area (Å²) < 4.78 is 27.5. The lowest BCUT2D eigenvalue weighted by Crippen LogP contribution is -2.47. The largest absolute Gasteiger partial charge is 0.347 e. The van der Waals surface area contributed by atoms with Crippen molar-refractivity contribution in [2.45, 2.75) is 39.3 Å². The van der Waals surface area contributed by atoms with Crippen molar-refractivity contribution in [2.24, 2.45) is 0 Å². The Morgan fingerprint density at radius 1 is 1.28 bits per heavy atom. The zero-order valence-electron chi connectivity index (χ0n) is 17.0. The summed E-state index contributed by atoms with van der Waals surface area (Å²) in [6.45, 7) is 5.71. The van der Waals surface area contributed by atoms with Gasteiger partial charge < -0.3 is 5.32 Å². The molecule has 2 aromatic rings. The Morgan fingerprint density at radius 3 is 2.55 bits per heavy atom. The molecule has 0 spiro atoms. The van der Waals surface area contributed by atoms with Crippen molar-refractivity contribution in [2.75, 3.05) is 12.0 Å². The minimum atomic E-state index is -3.77. The van der Waals surface area contributed by atoms with E-state index in [1.165, 1.54) is 17.4 Å². The summed E-state index contributed by atoms with van der Waals surface area (Å²) in [5, 5.41) is 4.96. The van der Waals surface area contributed by atoms with Crippen LogP contribution < -0.4 is 10.0 Å². The maximum Gasteiger partial charge on any atom is 0.238 e. The number of carbonyl (C=O) groups excluding carboxylic acids is 1. The Morgan fingerprint density at radius 2 is 1.97 bits per heavy atom. The fraction of sp³-hybridized carbons (Fsp3) is 0.400. The highest BCUT2D eigenvalue weighted by molar-refractivity contribution is 7.98. The number of benzene rings is 1. The molecule has 0 saturated carbocycles. The fourth-order valence-corrected chi connectivity index (χ4v) is 5.22. The van der Waals surface area contributed by atoms with Crippen LogP contribution in [0.15, 0.2) is 35.7 Å². The number of aryl methyl sites for hydroxylation is 2. The molecule has 0 aliphatic carbocycles. The maximum absolute atomic E-state index is 12.8. The van der Waals surface area contributed by atoms with Gasteiger partial charge >= 0.3 is 0 Å². The summed E-state index contributed by atoms with van der Waals surface area (Å²) in [6, 6.07) is 8.06. The summed E-state index contributed by atoms with van der Waals surface area (Å²) >= 11 is 3.10. The number of thioether (sulfide) groups is 1. The molecule has 1 heterocycles. The lowest BCUT2D eigenvalue weighted by atomic mass is 10.2. The van der Waals surface area contributed by atoms with Crippen LogP contribution in [0.5, 0.6) is 0 Å². The number of hydrogen-bond donors (Lipinski definition) is 2. The van der Waals surface area contributed by atoms with Gasteiger partial charge in [-0.3, -0.25) is 4.79 Å². The second-order valence-corrected chi connectivity index (χ2v) is 10.4. The third-order valence-electron chi connectivity index (χ3n) is 4.16. The lowest BCUT2D eigenvalue weighted by Gasteiger charge is -2.20. The molecule has 0 aliphatic rings. The minimum Gasteiger partial charge on any atom is -0.347 e. The van der Waals surface area contributed by atoms with Crippen molar-refractivity contribution in [3.63, 3.8) is 0 Å². The second kappa shape index (κ2) is 10.9. The molecule has 6 nitrogen and oxygen atoms in total. The first-order chi connectivity index (χ1) is 13.7. The molecule has 29 heavy (non-hydrogen) atoms. The third-order valence-corrected chi connectivity index (χ3v) is 7.17. The molecule has 0 fully saturated rings. The van der Waals surface area contributed by atoms with E-state index >= 15 is 0 Å². The van der Waals surface area contributed by atoms with Gasteiger partial charge in [-0.2, -0.15) is 16.5 Å². The van der Waals surface area contributed by atoms with Gasteiger partial charge in [0.15, 0.2) is 0 Å². The normalized spacial score (nSPS) is 14.1. The highest BCUT2D eigenvalue weighted by atomic mass is 32.2. The third kappa shape index (κ3) is 7.58. The smallest absolute Gasteiger partial charge is 0.238 e. The summed E-state index contributed by atoms with van der Waals surface area (Å²) in [5.41, 5.74) is 1.65. The van der Waals surface area contributed by atoms with E-state index in [0.29, 0.717) is 12.2 Å². The van der Waals surface area contributed by atoms with Crippen molar-refractivity contribution in [1.29, 1.82) is 0 Å². The van der Waals surface area contributed by atoms with Crippen LogP contribution in [0, 0.1) is 13.8 Å². The Kier molecular flexibility index (Phi) is 8.88. The van der Waals surface area contributed by atoms with Crippen LogP contribution in [0.4, 0.5) is 0 Å². The number of thiazole rings is 1. The van der Waals surface area contributed by atoms with Gasteiger partial charge in [0.1, 0.15) is 6.04 Å². The average molecular weight is 454 g/mol. The Balaban J connectivity index is 2.09. The monoisotopic (exact) mass is 453 g/mol. The number of nitrogens with zero attached hydrogens (tertiary/aromatic N) is 1. The Hall–Kier alpha value is -1.68. The van der Waals surface area contributed by atoms with Crippen LogP contribution in [-0.4, -0.2) is 37.4 Å². The predicted octanol–water partition coefficient (Wildman–Crippen LogP) is 3.65. The van der Waals surface area contributed by atoms with E-state index in [-0.39, 0.29) is 11.9 Å². The number of nitrogens with one attached hydrogen (secondary N) is 2. The number of hydrogen-bond acceptors (Lipinski definition) is 6. The van der Waals surface area contributed by atoms with E-state index in [1.807, 2.05) is 57.4 Å². The average Bonchev–Trinajstić information content (AvgIpc) is 3.02. The first-order valence-corrected chi connectivity index (χ1v) is 13.0. The first-order valence-electron chi connectivity index (χ1n) is 9.20. The van der Waals surface area contributed by atoms with E-state index in [1.54, 1.807) is 11.8 Å². The van der Waals surface area contributed by atoms with Crippen molar-refractivity contribution in [3.05, 3.63) is 56.9 Å². The Labute approximate surface area is 181 Å². The van der Waals surface area contributed by atoms with Crippen LogP contribution in [0.3, 0.4) is 0 Å². The van der Waals surface area contributed by atoms with Gasteiger partial charge in [0.05, 0.1) is 16.7 Å². The standard InChI is InChI=1S/C20H27N3O3S3/c1-14-19(28-16(3)21-14)15(2)22-20(24)18(10-12-27-4)23-29(25,26)13-11-17-8-6-5-7-9-17/h5-9,11,13,15,18,23H,10,12H2,1-4H3,(H,22,24)/b13-11-/t15-,18-/m0/s1. The lowest BCUT2D eigenvalue weighted by molar-refractivity contribution is -0.123. The van der Waals surface area contributed by atoms with E-state index in [4.69, 9.17) is 0 Å². The molecular weight excluding hydrogens is 426 g/mol. The maximum atomic E-state index is 12.8. The van der Waals surface area contributed by atoms with Crippen molar-refractivity contribution in [1.82, 2.24) is 15.0 Å². The first kappa shape index (κ1) is 23.6. The topological polar surface area (TPSA) is 88.2 Å². The van der Waals surface area contributed by atoms with Gasteiger partial charge in [-0.15, -0.1) is 11.3 Å². The van der Waals surface area contributed by atoms with E-state index < -0.39 is 16.1 Å². The van der Waals surface area contributed by atoms with Crippen molar-refractivity contribution >= 4 is 45.1 Å². The zero-order chi connectivity index (χ0) is 21.4. The van der Waals surface area contributed by atoms with E-state index in [0.717, 1.165) is 26.6 Å². The van der Waals surface area contributed by atoms with Crippen LogP contribution >= 0.6 is 23.1 Å². The molecule has 1 aromatic heterocycles.